The van der Waals surface area contributed by atoms with Gasteiger partial charge in [0.05, 0.1) is 37.2 Å². The second kappa shape index (κ2) is 14.3. The number of nitrogens with one attached hydrogen (secondary N) is 1. The highest BCUT2D eigenvalue weighted by atomic mass is 16.5. The van der Waals surface area contributed by atoms with E-state index >= 15 is 0 Å². The maximum atomic E-state index is 12.2. The van der Waals surface area contributed by atoms with Gasteiger partial charge in [-0.1, -0.05) is 30.3 Å². The predicted molar refractivity (Wildman–Crippen MR) is 141 cm³/mol. The molecule has 0 heterocycles. The second-order valence-electron chi connectivity index (χ2n) is 8.05. The van der Waals surface area contributed by atoms with Gasteiger partial charge in [0.25, 0.3) is 0 Å². The largest absolute Gasteiger partial charge is 0.494 e. The lowest BCUT2D eigenvalue weighted by atomic mass is 10.0. The van der Waals surface area contributed by atoms with Crippen LogP contribution in [0.25, 0.3) is 0 Å². The number of aliphatic hydroxyl groups excluding tert-OH is 1. The fourth-order valence-corrected chi connectivity index (χ4v) is 3.53. The first-order valence-corrected chi connectivity index (χ1v) is 12.1. The van der Waals surface area contributed by atoms with Gasteiger partial charge in [0.15, 0.2) is 11.5 Å². The van der Waals surface area contributed by atoms with Gasteiger partial charge < -0.3 is 19.3 Å². The Morgan fingerprint density at radius 1 is 1.03 bits per heavy atom. The van der Waals surface area contributed by atoms with Crippen LogP contribution in [-0.4, -0.2) is 30.4 Å². The van der Waals surface area contributed by atoms with Crippen LogP contribution in [0.2, 0.25) is 0 Å². The van der Waals surface area contributed by atoms with Crippen molar-refractivity contribution in [3.05, 3.63) is 89.0 Å². The average molecular weight is 502 g/mol. The van der Waals surface area contributed by atoms with E-state index in [2.05, 4.69) is 16.6 Å². The molecule has 0 aliphatic carbocycles. The van der Waals surface area contributed by atoms with E-state index in [9.17, 15) is 15.2 Å². The molecule has 0 aromatic heterocycles. The van der Waals surface area contributed by atoms with Gasteiger partial charge in [0.2, 0.25) is 5.91 Å². The Hall–Kier alpha value is -4.35. The van der Waals surface area contributed by atoms with Crippen LogP contribution < -0.4 is 19.6 Å². The van der Waals surface area contributed by atoms with Crippen molar-refractivity contribution in [2.24, 2.45) is 5.10 Å². The number of aliphatic hydroxyl groups is 1. The summed E-state index contributed by atoms with van der Waals surface area (Å²) in [6.07, 6.45) is 1.14. The van der Waals surface area contributed by atoms with Gasteiger partial charge in [-0.25, -0.2) is 5.43 Å². The molecule has 0 bridgehead atoms. The zero-order valence-electron chi connectivity index (χ0n) is 21.0. The van der Waals surface area contributed by atoms with Crippen LogP contribution in [-0.2, 0) is 11.4 Å². The second-order valence-corrected chi connectivity index (χ2v) is 8.05. The van der Waals surface area contributed by atoms with E-state index in [0.29, 0.717) is 35.8 Å². The highest BCUT2D eigenvalue weighted by Crippen LogP contribution is 2.29. The number of hydrogen-bond acceptors (Lipinski definition) is 7. The van der Waals surface area contributed by atoms with Crippen LogP contribution in [0.5, 0.6) is 17.2 Å². The van der Waals surface area contributed by atoms with Crippen LogP contribution in [0, 0.1) is 11.3 Å². The highest BCUT2D eigenvalue weighted by Gasteiger charge is 2.11. The van der Waals surface area contributed by atoms with Crippen LogP contribution in [0.3, 0.4) is 0 Å². The molecule has 8 heteroatoms. The minimum atomic E-state index is -0.758. The molecule has 1 atom stereocenters. The summed E-state index contributed by atoms with van der Waals surface area (Å²) in [6, 6.07) is 21.9. The van der Waals surface area contributed by atoms with Gasteiger partial charge in [-0.05, 0) is 67.8 Å². The Morgan fingerprint density at radius 2 is 1.78 bits per heavy atom. The normalized spacial score (nSPS) is 11.5. The predicted octanol–water partition coefficient (Wildman–Crippen LogP) is 4.90. The lowest BCUT2D eigenvalue weighted by Crippen LogP contribution is -2.18. The Balaban J connectivity index is 1.52. The quantitative estimate of drug-likeness (QED) is 0.254. The molecule has 0 unspecified atom stereocenters. The molecule has 8 nitrogen and oxygen atoms in total. The number of carbonyl (C=O) groups is 1. The number of benzene rings is 3. The summed E-state index contributed by atoms with van der Waals surface area (Å²) in [5.41, 5.74) is 5.27. The average Bonchev–Trinajstić information content (AvgIpc) is 2.92. The third-order valence-corrected chi connectivity index (χ3v) is 5.41. The van der Waals surface area contributed by atoms with Crippen molar-refractivity contribution in [3.8, 4) is 23.3 Å². The van der Waals surface area contributed by atoms with Gasteiger partial charge in [-0.2, -0.15) is 10.4 Å². The number of nitrogens with zero attached hydrogens (tertiary/aromatic N) is 2. The number of hydrogen-bond donors (Lipinski definition) is 2. The third kappa shape index (κ3) is 8.37. The maximum absolute atomic E-state index is 12.2. The van der Waals surface area contributed by atoms with E-state index in [1.165, 1.54) is 6.21 Å². The summed E-state index contributed by atoms with van der Waals surface area (Å²) in [7, 11) is 0. The molecular formula is C29H31N3O5. The summed E-state index contributed by atoms with van der Waals surface area (Å²) in [6.45, 7) is 5.03. The summed E-state index contributed by atoms with van der Waals surface area (Å²) in [5, 5.41) is 23.6. The molecule has 192 valence electrons. The number of amides is 1. The van der Waals surface area contributed by atoms with Crippen molar-refractivity contribution in [2.75, 3.05) is 13.2 Å². The maximum Gasteiger partial charge on any atom is 0.240 e. The van der Waals surface area contributed by atoms with Crippen LogP contribution in [0.1, 0.15) is 55.0 Å². The number of hydrazone groups is 1. The Labute approximate surface area is 217 Å². The van der Waals surface area contributed by atoms with Gasteiger partial charge in [0.1, 0.15) is 12.4 Å². The van der Waals surface area contributed by atoms with Crippen molar-refractivity contribution in [3.63, 3.8) is 0 Å². The third-order valence-electron chi connectivity index (χ3n) is 5.41. The van der Waals surface area contributed by atoms with Gasteiger partial charge in [-0.15, -0.1) is 0 Å². The molecule has 0 saturated carbocycles. The number of rotatable bonds is 13. The number of ether oxygens (including phenoxy) is 3. The molecular weight excluding hydrogens is 470 g/mol. The molecule has 3 aromatic carbocycles. The first kappa shape index (κ1) is 27.2. The Bertz CT molecular complexity index is 1240. The van der Waals surface area contributed by atoms with Gasteiger partial charge in [-0.3, -0.25) is 4.79 Å². The molecule has 37 heavy (non-hydrogen) atoms. The van der Waals surface area contributed by atoms with Crippen LogP contribution in [0.4, 0.5) is 0 Å². The minimum Gasteiger partial charge on any atom is -0.494 e. The molecule has 0 aliphatic heterocycles. The Kier molecular flexibility index (Phi) is 10.5. The molecule has 0 radical (unpaired) electrons. The van der Waals surface area contributed by atoms with Gasteiger partial charge >= 0.3 is 0 Å². The zero-order valence-corrected chi connectivity index (χ0v) is 21.0. The van der Waals surface area contributed by atoms with E-state index in [0.717, 1.165) is 16.9 Å². The van der Waals surface area contributed by atoms with E-state index in [-0.39, 0.29) is 25.4 Å². The fourth-order valence-electron chi connectivity index (χ4n) is 3.53. The molecule has 0 aliphatic rings. The SMILES string of the molecule is CCOc1ccc([C@H](O)CCC(=O)N/N=C\c2ccc(OCc3ccccc3C#N)c(OCC)c2)cc1. The molecule has 3 rings (SSSR count). The summed E-state index contributed by atoms with van der Waals surface area (Å²) in [5.74, 6) is 1.51. The van der Waals surface area contributed by atoms with E-state index in [1.54, 1.807) is 48.5 Å². The number of carbonyl (C=O) groups excluding carboxylic acids is 1. The number of nitriles is 1. The van der Waals surface area contributed by atoms with Crippen LogP contribution >= 0.6 is 0 Å². The topological polar surface area (TPSA) is 113 Å². The molecule has 0 spiro atoms. The minimum absolute atomic E-state index is 0.118. The first-order chi connectivity index (χ1) is 18.0. The molecule has 3 aromatic rings. The Morgan fingerprint density at radius 3 is 2.51 bits per heavy atom. The van der Waals surface area contributed by atoms with Crippen molar-refractivity contribution < 1.29 is 24.1 Å². The van der Waals surface area contributed by atoms with Gasteiger partial charge in [0, 0.05) is 12.0 Å². The molecule has 2 N–H and O–H groups in total. The summed E-state index contributed by atoms with van der Waals surface area (Å²) < 4.78 is 17.0. The molecule has 0 fully saturated rings. The van der Waals surface area contributed by atoms with Crippen molar-refractivity contribution >= 4 is 12.1 Å². The smallest absolute Gasteiger partial charge is 0.240 e. The lowest BCUT2D eigenvalue weighted by Gasteiger charge is -2.13. The first-order valence-electron chi connectivity index (χ1n) is 12.1. The zero-order chi connectivity index (χ0) is 26.5. The van der Waals surface area contributed by atoms with E-state index in [1.807, 2.05) is 32.0 Å². The lowest BCUT2D eigenvalue weighted by molar-refractivity contribution is -0.121. The van der Waals surface area contributed by atoms with E-state index < -0.39 is 6.10 Å². The van der Waals surface area contributed by atoms with Crippen molar-refractivity contribution in [1.82, 2.24) is 5.43 Å². The van der Waals surface area contributed by atoms with Crippen LogP contribution in [0.15, 0.2) is 71.8 Å². The van der Waals surface area contributed by atoms with Crippen molar-refractivity contribution in [1.29, 1.82) is 5.26 Å². The fraction of sp³-hybridized carbons (Fsp3) is 0.276. The highest BCUT2D eigenvalue weighted by molar-refractivity contribution is 5.83. The van der Waals surface area contributed by atoms with E-state index in [4.69, 9.17) is 14.2 Å². The van der Waals surface area contributed by atoms with Crippen molar-refractivity contribution in [2.45, 2.75) is 39.4 Å². The summed E-state index contributed by atoms with van der Waals surface area (Å²) in [4.78, 5) is 12.2. The molecule has 0 saturated heterocycles. The molecule has 1 amide bonds. The monoisotopic (exact) mass is 501 g/mol. The summed E-state index contributed by atoms with van der Waals surface area (Å²) >= 11 is 0. The standard InChI is InChI=1S/C29H31N3O5/c1-3-35-25-12-10-22(11-13-25)26(33)14-16-29(34)32-31-19-21-9-15-27(28(17-21)36-4-2)37-20-24-8-6-5-7-23(24)18-30/h5-13,15,17,19,26,33H,3-4,14,16,20H2,1-2H3,(H,32,34)/b31-19-/t26-/m1/s1.